The molecule has 0 radical (unpaired) electrons. The Bertz CT molecular complexity index is 895. The molecule has 2 heterocycles. The Morgan fingerprint density at radius 2 is 2.04 bits per heavy atom. The average Bonchev–Trinajstić information content (AvgIpc) is 2.95. The van der Waals surface area contributed by atoms with Gasteiger partial charge in [0.1, 0.15) is 0 Å². The number of fused-ring (bicyclic) bond motifs is 1. The molecule has 1 aromatic heterocycles. The molecule has 1 saturated heterocycles. The number of para-hydroxylation sites is 1. The van der Waals surface area contributed by atoms with Crippen LogP contribution in [0.1, 0.15) is 18.4 Å². The highest BCUT2D eigenvalue weighted by atomic mass is 32.2. The van der Waals surface area contributed by atoms with Gasteiger partial charge in [-0.05, 0) is 30.5 Å². The summed E-state index contributed by atoms with van der Waals surface area (Å²) in [6, 6.07) is 9.80. The third-order valence-corrected chi connectivity index (χ3v) is 5.66. The highest BCUT2D eigenvalue weighted by molar-refractivity contribution is 7.89. The lowest BCUT2D eigenvalue weighted by atomic mass is 9.94. The minimum absolute atomic E-state index is 0.0528. The highest BCUT2D eigenvalue weighted by Gasteiger charge is 2.34. The molecule has 8 heteroatoms. The molecule has 140 valence electrons. The lowest BCUT2D eigenvalue weighted by Crippen LogP contribution is -2.30. The van der Waals surface area contributed by atoms with E-state index < -0.39 is 16.1 Å². The maximum atomic E-state index is 12.3. The van der Waals surface area contributed by atoms with Gasteiger partial charge in [-0.1, -0.05) is 18.2 Å². The molecule has 1 aliphatic rings. The number of pyridine rings is 1. The van der Waals surface area contributed by atoms with Crippen LogP contribution in [0.2, 0.25) is 0 Å². The first-order chi connectivity index (χ1) is 12.3. The van der Waals surface area contributed by atoms with E-state index in [1.165, 1.54) is 0 Å². The van der Waals surface area contributed by atoms with E-state index >= 15 is 0 Å². The number of amides is 1. The number of carbonyl (C=O) groups is 1. The van der Waals surface area contributed by atoms with Crippen LogP contribution < -0.4 is 5.14 Å². The second-order valence-corrected chi connectivity index (χ2v) is 8.52. The minimum atomic E-state index is -3.55. The van der Waals surface area contributed by atoms with Crippen LogP contribution in [-0.4, -0.2) is 54.3 Å². The quantitative estimate of drug-likeness (QED) is 0.768. The Morgan fingerprint density at radius 1 is 1.27 bits per heavy atom. The number of aliphatic hydroxyl groups excluding tert-OH is 1. The molecular weight excluding hydrogens is 354 g/mol. The van der Waals surface area contributed by atoms with E-state index in [4.69, 9.17) is 5.14 Å². The van der Waals surface area contributed by atoms with Crippen molar-refractivity contribution in [1.29, 1.82) is 0 Å². The zero-order chi connectivity index (χ0) is 18.7. The van der Waals surface area contributed by atoms with Crippen LogP contribution in [0.5, 0.6) is 0 Å². The lowest BCUT2D eigenvalue weighted by molar-refractivity contribution is -0.130. The number of nitrogens with zero attached hydrogens (tertiary/aromatic N) is 2. The maximum absolute atomic E-state index is 12.3. The lowest BCUT2D eigenvalue weighted by Gasteiger charge is -2.16. The van der Waals surface area contributed by atoms with Gasteiger partial charge in [-0.2, -0.15) is 0 Å². The molecule has 0 bridgehead atoms. The third-order valence-electron chi connectivity index (χ3n) is 4.80. The Hall–Kier alpha value is -2.03. The summed E-state index contributed by atoms with van der Waals surface area (Å²) in [5.41, 5.74) is 2.01. The fourth-order valence-corrected chi connectivity index (χ4v) is 4.00. The Balaban J connectivity index is 1.62. The molecule has 0 unspecified atom stereocenters. The molecule has 7 nitrogen and oxygen atoms in total. The van der Waals surface area contributed by atoms with Gasteiger partial charge in [-0.3, -0.25) is 9.78 Å². The van der Waals surface area contributed by atoms with Crippen LogP contribution in [0.15, 0.2) is 36.5 Å². The molecule has 26 heavy (non-hydrogen) atoms. The number of hydrogen-bond acceptors (Lipinski definition) is 5. The minimum Gasteiger partial charge on any atom is -0.391 e. The number of hydrogen-bond donors (Lipinski definition) is 2. The predicted octanol–water partition coefficient (Wildman–Crippen LogP) is 0.665. The number of nitrogens with two attached hydrogens (primary N) is 1. The van der Waals surface area contributed by atoms with E-state index in [0.717, 1.165) is 16.5 Å². The molecule has 0 spiro atoms. The molecule has 3 rings (SSSR count). The van der Waals surface area contributed by atoms with E-state index in [-0.39, 0.29) is 37.0 Å². The van der Waals surface area contributed by atoms with Crippen LogP contribution in [0.3, 0.4) is 0 Å². The zero-order valence-corrected chi connectivity index (χ0v) is 15.2. The van der Waals surface area contributed by atoms with Crippen molar-refractivity contribution in [3.8, 4) is 0 Å². The van der Waals surface area contributed by atoms with Gasteiger partial charge >= 0.3 is 0 Å². The van der Waals surface area contributed by atoms with Gasteiger partial charge in [0.05, 0.1) is 17.4 Å². The topological polar surface area (TPSA) is 114 Å². The van der Waals surface area contributed by atoms with Crippen molar-refractivity contribution in [1.82, 2.24) is 9.88 Å². The Kier molecular flexibility index (Phi) is 5.55. The summed E-state index contributed by atoms with van der Waals surface area (Å²) < 4.78 is 21.9. The monoisotopic (exact) mass is 377 g/mol. The van der Waals surface area contributed by atoms with Crippen molar-refractivity contribution in [2.24, 2.45) is 11.1 Å². The number of sulfonamides is 1. The number of β-amino-alcohol motifs (C(OH)–C–C–N with tert-alkyl or cyclic N) is 1. The molecule has 1 amide bonds. The second kappa shape index (κ2) is 7.69. The van der Waals surface area contributed by atoms with Gasteiger partial charge in [0.2, 0.25) is 15.9 Å². The van der Waals surface area contributed by atoms with Crippen molar-refractivity contribution in [3.05, 3.63) is 42.1 Å². The van der Waals surface area contributed by atoms with Gasteiger partial charge < -0.3 is 10.0 Å². The van der Waals surface area contributed by atoms with E-state index in [1.54, 1.807) is 11.1 Å². The summed E-state index contributed by atoms with van der Waals surface area (Å²) in [6.07, 6.45) is 2.14. The first kappa shape index (κ1) is 18.8. The molecule has 1 aliphatic heterocycles. The Morgan fingerprint density at radius 3 is 2.81 bits per heavy atom. The number of primary sulfonamides is 1. The molecule has 2 aromatic rings. The van der Waals surface area contributed by atoms with Crippen LogP contribution in [0.4, 0.5) is 0 Å². The fraction of sp³-hybridized carbons (Fsp3) is 0.444. The largest absolute Gasteiger partial charge is 0.391 e. The smallest absolute Gasteiger partial charge is 0.222 e. The molecule has 2 atom stereocenters. The van der Waals surface area contributed by atoms with Crippen LogP contribution >= 0.6 is 0 Å². The van der Waals surface area contributed by atoms with E-state index in [2.05, 4.69) is 4.98 Å². The number of aromatic nitrogens is 1. The average molecular weight is 377 g/mol. The highest BCUT2D eigenvalue weighted by Crippen LogP contribution is 2.25. The van der Waals surface area contributed by atoms with Crippen molar-refractivity contribution in [2.45, 2.75) is 25.4 Å². The maximum Gasteiger partial charge on any atom is 0.222 e. The summed E-state index contributed by atoms with van der Waals surface area (Å²) in [6.45, 7) is 0.744. The number of rotatable bonds is 6. The van der Waals surface area contributed by atoms with Gasteiger partial charge in [-0.25, -0.2) is 13.6 Å². The number of likely N-dealkylation sites (tertiary alicyclic amines) is 1. The summed E-state index contributed by atoms with van der Waals surface area (Å²) in [4.78, 5) is 18.2. The molecule has 0 aliphatic carbocycles. The second-order valence-electron chi connectivity index (χ2n) is 6.79. The van der Waals surface area contributed by atoms with E-state index in [9.17, 15) is 18.3 Å². The summed E-state index contributed by atoms with van der Waals surface area (Å²) in [5, 5.41) is 16.4. The molecule has 0 saturated carbocycles. The summed E-state index contributed by atoms with van der Waals surface area (Å²) in [5.74, 6) is -0.403. The summed E-state index contributed by atoms with van der Waals surface area (Å²) in [7, 11) is -3.55. The van der Waals surface area contributed by atoms with E-state index in [1.807, 2.05) is 30.3 Å². The van der Waals surface area contributed by atoms with Gasteiger partial charge in [0.15, 0.2) is 0 Å². The molecule has 1 fully saturated rings. The third kappa shape index (κ3) is 4.57. The first-order valence-corrected chi connectivity index (χ1v) is 10.3. The molecule has 1 aromatic carbocycles. The SMILES string of the molecule is NS(=O)(=O)CCCC(=O)N1C[C@@H](Cc2ccnc3ccccc23)[C@@H](O)C1. The van der Waals surface area contributed by atoms with Crippen LogP contribution in [-0.2, 0) is 21.2 Å². The van der Waals surface area contributed by atoms with Crippen LogP contribution in [0.25, 0.3) is 10.9 Å². The van der Waals surface area contributed by atoms with Crippen molar-refractivity contribution in [2.75, 3.05) is 18.8 Å². The summed E-state index contributed by atoms with van der Waals surface area (Å²) >= 11 is 0. The van der Waals surface area contributed by atoms with Crippen molar-refractivity contribution >= 4 is 26.8 Å². The normalized spacial score (nSPS) is 20.6. The molecular formula is C18H23N3O4S. The standard InChI is InChI=1S/C18H23N3O4S/c19-26(24,25)9-3-6-18(23)21-11-14(17(22)12-21)10-13-7-8-20-16-5-2-1-4-15(13)16/h1-2,4-5,7-8,14,17,22H,3,6,9-12H2,(H2,19,24,25)/t14-,17+/m1/s1. The van der Waals surface area contributed by atoms with E-state index in [0.29, 0.717) is 13.0 Å². The first-order valence-electron chi connectivity index (χ1n) is 8.62. The molecule has 3 N–H and O–H groups in total. The van der Waals surface area contributed by atoms with Crippen molar-refractivity contribution in [3.63, 3.8) is 0 Å². The zero-order valence-electron chi connectivity index (χ0n) is 14.4. The number of carbonyl (C=O) groups excluding carboxylic acids is 1. The Labute approximate surface area is 152 Å². The van der Waals surface area contributed by atoms with Crippen molar-refractivity contribution < 1.29 is 18.3 Å². The number of benzene rings is 1. The van der Waals surface area contributed by atoms with Gasteiger partial charge in [0.25, 0.3) is 0 Å². The van der Waals surface area contributed by atoms with Gasteiger partial charge in [0, 0.05) is 37.0 Å². The van der Waals surface area contributed by atoms with Crippen LogP contribution in [0, 0.1) is 5.92 Å². The predicted molar refractivity (Wildman–Crippen MR) is 98.7 cm³/mol. The van der Waals surface area contributed by atoms with Gasteiger partial charge in [-0.15, -0.1) is 0 Å². The number of aliphatic hydroxyl groups is 1. The fourth-order valence-electron chi connectivity index (χ4n) is 3.46.